The zero-order valence-electron chi connectivity index (χ0n) is 23.2. The molecule has 0 spiro atoms. The Balaban J connectivity index is 1.19. The summed E-state index contributed by atoms with van der Waals surface area (Å²) in [4.78, 5) is 73.9. The van der Waals surface area contributed by atoms with Crippen molar-refractivity contribution < 1.29 is 33.5 Å². The summed E-state index contributed by atoms with van der Waals surface area (Å²) in [5.74, 6) is -3.01. The summed E-state index contributed by atoms with van der Waals surface area (Å²) in [6.45, 7) is 0.782. The second-order valence-electron chi connectivity index (χ2n) is 10.3. The first-order valence-electron chi connectivity index (χ1n) is 13.6. The SMILES string of the molecule is CC1C[C@@H](C(=O)NCC(=O)NCC(N)=O)N(C(=O)CNC(=O)CNC(=O)OCC2c3ccccc3-c3ccccc32)C1. The standard InChI is InChI=1S/C29H34N6O7/c1-17-10-23(28(40)33-12-25(37)31-11-24(30)36)35(15-17)27(39)14-32-26(38)13-34-29(41)42-16-22-20-8-4-2-6-18(20)19-7-3-5-9-21(19)22/h2-9,17,22-23H,10-16H2,1H3,(H2,30,36)(H,31,37)(H,32,38)(H,33,40)(H,34,41)/t17?,23-/m0/s1. The molecule has 2 atom stereocenters. The monoisotopic (exact) mass is 578 g/mol. The Kier molecular flexibility index (Phi) is 9.73. The van der Waals surface area contributed by atoms with E-state index in [9.17, 15) is 28.8 Å². The van der Waals surface area contributed by atoms with Gasteiger partial charge in [-0.2, -0.15) is 0 Å². The number of nitrogens with zero attached hydrogens (tertiary/aromatic N) is 1. The molecule has 0 aromatic heterocycles. The van der Waals surface area contributed by atoms with Crippen molar-refractivity contribution in [1.29, 1.82) is 0 Å². The zero-order valence-corrected chi connectivity index (χ0v) is 23.2. The van der Waals surface area contributed by atoms with Crippen LogP contribution in [0, 0.1) is 5.92 Å². The lowest BCUT2D eigenvalue weighted by Crippen LogP contribution is -2.51. The number of hydrogen-bond donors (Lipinski definition) is 5. The molecule has 4 rings (SSSR count). The van der Waals surface area contributed by atoms with E-state index in [1.165, 1.54) is 4.90 Å². The number of primary amides is 1. The van der Waals surface area contributed by atoms with Gasteiger partial charge in [0.1, 0.15) is 19.2 Å². The van der Waals surface area contributed by atoms with Crippen LogP contribution in [0.5, 0.6) is 0 Å². The van der Waals surface area contributed by atoms with Crippen LogP contribution in [0.2, 0.25) is 0 Å². The molecular weight excluding hydrogens is 544 g/mol. The fraction of sp³-hybridized carbons (Fsp3) is 0.379. The highest BCUT2D eigenvalue weighted by atomic mass is 16.5. The van der Waals surface area contributed by atoms with Crippen molar-refractivity contribution in [3.8, 4) is 11.1 Å². The van der Waals surface area contributed by atoms with Gasteiger partial charge in [-0.1, -0.05) is 55.5 Å². The van der Waals surface area contributed by atoms with E-state index in [4.69, 9.17) is 10.5 Å². The molecule has 0 radical (unpaired) electrons. The predicted molar refractivity (Wildman–Crippen MR) is 151 cm³/mol. The summed E-state index contributed by atoms with van der Waals surface area (Å²) in [7, 11) is 0. The quantitative estimate of drug-likeness (QED) is 0.240. The minimum absolute atomic E-state index is 0.0272. The first-order valence-corrected chi connectivity index (χ1v) is 13.6. The second kappa shape index (κ2) is 13.6. The van der Waals surface area contributed by atoms with Gasteiger partial charge < -0.3 is 36.6 Å². The number of likely N-dealkylation sites (tertiary alicyclic amines) is 1. The number of rotatable bonds is 11. The molecule has 1 saturated heterocycles. The lowest BCUT2D eigenvalue weighted by Gasteiger charge is -2.24. The van der Waals surface area contributed by atoms with Crippen molar-refractivity contribution in [1.82, 2.24) is 26.2 Å². The summed E-state index contributed by atoms with van der Waals surface area (Å²) in [5.41, 5.74) is 9.31. The van der Waals surface area contributed by atoms with Crippen LogP contribution in [0.15, 0.2) is 48.5 Å². The van der Waals surface area contributed by atoms with Gasteiger partial charge in [0.25, 0.3) is 0 Å². The van der Waals surface area contributed by atoms with Crippen molar-refractivity contribution in [2.45, 2.75) is 25.3 Å². The Bertz CT molecular complexity index is 1330. The third kappa shape index (κ3) is 7.42. The molecule has 222 valence electrons. The zero-order chi connectivity index (χ0) is 30.2. The molecule has 2 aromatic rings. The number of nitrogens with two attached hydrogens (primary N) is 1. The van der Waals surface area contributed by atoms with Gasteiger partial charge in [-0.05, 0) is 34.6 Å². The Labute approximate surface area is 242 Å². The number of carbonyl (C=O) groups is 6. The average molecular weight is 579 g/mol. The molecule has 13 heteroatoms. The number of alkyl carbamates (subject to hydrolysis) is 1. The number of ether oxygens (including phenoxy) is 1. The number of fused-ring (bicyclic) bond motifs is 3. The summed E-state index contributed by atoms with van der Waals surface area (Å²) in [6.07, 6.45) is -0.374. The lowest BCUT2D eigenvalue weighted by molar-refractivity contribution is -0.139. The van der Waals surface area contributed by atoms with E-state index in [2.05, 4.69) is 21.3 Å². The van der Waals surface area contributed by atoms with Crippen LogP contribution in [0.4, 0.5) is 4.79 Å². The Hall–Kier alpha value is -4.94. The van der Waals surface area contributed by atoms with Gasteiger partial charge >= 0.3 is 6.09 Å². The summed E-state index contributed by atoms with van der Waals surface area (Å²) >= 11 is 0. The van der Waals surface area contributed by atoms with Crippen LogP contribution >= 0.6 is 0 Å². The van der Waals surface area contributed by atoms with Crippen LogP contribution in [0.25, 0.3) is 11.1 Å². The van der Waals surface area contributed by atoms with E-state index >= 15 is 0 Å². The number of amides is 6. The minimum atomic E-state index is -0.813. The second-order valence-corrected chi connectivity index (χ2v) is 10.3. The highest BCUT2D eigenvalue weighted by molar-refractivity contribution is 5.93. The van der Waals surface area contributed by atoms with E-state index in [0.29, 0.717) is 13.0 Å². The van der Waals surface area contributed by atoms with Crippen LogP contribution in [0.1, 0.15) is 30.4 Å². The smallest absolute Gasteiger partial charge is 0.407 e. The van der Waals surface area contributed by atoms with E-state index in [0.717, 1.165) is 22.3 Å². The van der Waals surface area contributed by atoms with Gasteiger partial charge in [0.2, 0.25) is 29.5 Å². The average Bonchev–Trinajstić information content (AvgIpc) is 3.53. The third-order valence-electron chi connectivity index (χ3n) is 7.19. The topological polar surface area (TPSA) is 189 Å². The van der Waals surface area contributed by atoms with Crippen molar-refractivity contribution in [2.75, 3.05) is 39.3 Å². The van der Waals surface area contributed by atoms with Gasteiger partial charge in [-0.25, -0.2) is 4.79 Å². The third-order valence-corrected chi connectivity index (χ3v) is 7.19. The van der Waals surface area contributed by atoms with Crippen molar-refractivity contribution in [2.24, 2.45) is 11.7 Å². The summed E-state index contributed by atoms with van der Waals surface area (Å²) in [5, 5.41) is 9.55. The molecule has 1 unspecified atom stereocenters. The first kappa shape index (κ1) is 30.0. The Morgan fingerprint density at radius 1 is 0.810 bits per heavy atom. The molecule has 0 saturated carbocycles. The maximum absolute atomic E-state index is 12.8. The molecule has 13 nitrogen and oxygen atoms in total. The highest BCUT2D eigenvalue weighted by Gasteiger charge is 2.37. The molecule has 2 aliphatic rings. The largest absolute Gasteiger partial charge is 0.449 e. The minimum Gasteiger partial charge on any atom is -0.449 e. The van der Waals surface area contributed by atoms with E-state index in [1.807, 2.05) is 55.5 Å². The van der Waals surface area contributed by atoms with Gasteiger partial charge in [0, 0.05) is 12.5 Å². The normalized spacial score (nSPS) is 17.0. The Morgan fingerprint density at radius 2 is 1.38 bits per heavy atom. The van der Waals surface area contributed by atoms with Crippen LogP contribution in [0.3, 0.4) is 0 Å². The summed E-state index contributed by atoms with van der Waals surface area (Å²) in [6, 6.07) is 15.1. The fourth-order valence-electron chi connectivity index (χ4n) is 5.24. The fourth-order valence-corrected chi connectivity index (χ4v) is 5.24. The molecule has 1 fully saturated rings. The molecular formula is C29H34N6O7. The van der Waals surface area contributed by atoms with E-state index in [-0.39, 0.29) is 38.1 Å². The maximum Gasteiger partial charge on any atom is 0.407 e. The highest BCUT2D eigenvalue weighted by Crippen LogP contribution is 2.44. The van der Waals surface area contributed by atoms with Gasteiger partial charge in [0.15, 0.2) is 0 Å². The molecule has 2 aromatic carbocycles. The molecule has 1 heterocycles. The van der Waals surface area contributed by atoms with Gasteiger partial charge in [-0.3, -0.25) is 24.0 Å². The molecule has 42 heavy (non-hydrogen) atoms. The van der Waals surface area contributed by atoms with Crippen LogP contribution < -0.4 is 27.0 Å². The molecule has 6 N–H and O–H groups in total. The predicted octanol–water partition coefficient (Wildman–Crippen LogP) is -0.404. The first-order chi connectivity index (χ1) is 20.1. The number of nitrogens with one attached hydrogen (secondary N) is 4. The molecule has 0 bridgehead atoms. The Morgan fingerprint density at radius 3 is 2.00 bits per heavy atom. The number of hydrogen-bond acceptors (Lipinski definition) is 7. The van der Waals surface area contributed by atoms with Crippen LogP contribution in [-0.2, 0) is 28.7 Å². The van der Waals surface area contributed by atoms with Crippen molar-refractivity contribution in [3.63, 3.8) is 0 Å². The maximum atomic E-state index is 12.8. The van der Waals surface area contributed by atoms with E-state index in [1.54, 1.807) is 0 Å². The van der Waals surface area contributed by atoms with Crippen molar-refractivity contribution >= 4 is 35.6 Å². The van der Waals surface area contributed by atoms with E-state index < -0.39 is 48.2 Å². The summed E-state index contributed by atoms with van der Waals surface area (Å²) < 4.78 is 5.41. The van der Waals surface area contributed by atoms with Gasteiger partial charge in [-0.15, -0.1) is 0 Å². The van der Waals surface area contributed by atoms with Crippen molar-refractivity contribution in [3.05, 3.63) is 59.7 Å². The lowest BCUT2D eigenvalue weighted by atomic mass is 9.98. The van der Waals surface area contributed by atoms with Gasteiger partial charge in [0.05, 0.1) is 19.6 Å². The number of carbonyl (C=O) groups excluding carboxylic acids is 6. The molecule has 6 amide bonds. The van der Waals surface area contributed by atoms with Crippen LogP contribution in [-0.4, -0.2) is 85.9 Å². The molecule has 1 aliphatic carbocycles. The molecule has 1 aliphatic heterocycles. The number of benzene rings is 2.